The first-order chi connectivity index (χ1) is 12.6. The number of hydrogen-bond donors (Lipinski definition) is 1. The van der Waals surface area contributed by atoms with E-state index in [4.69, 9.17) is 23.2 Å². The summed E-state index contributed by atoms with van der Waals surface area (Å²) in [5.74, 6) is 1.69. The molecule has 8 heteroatoms. The van der Waals surface area contributed by atoms with E-state index in [0.29, 0.717) is 17.3 Å². The Kier molecular flexibility index (Phi) is 7.56. The van der Waals surface area contributed by atoms with Gasteiger partial charge in [-0.15, -0.1) is 28.3 Å². The molecule has 6 nitrogen and oxygen atoms in total. The first-order valence-electron chi connectivity index (χ1n) is 7.83. The molecule has 136 valence electrons. The van der Waals surface area contributed by atoms with Crippen LogP contribution in [0.25, 0.3) is 11.4 Å². The maximum atomic E-state index is 11.1. The largest absolute Gasteiger partial charge is 0.355 e. The van der Waals surface area contributed by atoms with Crippen LogP contribution in [0, 0.1) is 0 Å². The second kappa shape index (κ2) is 9.89. The average molecular weight is 392 g/mol. The molecule has 3 aromatic rings. The van der Waals surface area contributed by atoms with Gasteiger partial charge in [0.05, 0.1) is 0 Å². The molecule has 0 saturated carbocycles. The molecule has 0 spiro atoms. The molecule has 1 heterocycles. The van der Waals surface area contributed by atoms with E-state index in [9.17, 15) is 4.79 Å². The number of amides is 1. The Morgan fingerprint density at radius 1 is 1.00 bits per heavy atom. The van der Waals surface area contributed by atoms with E-state index in [-0.39, 0.29) is 5.91 Å². The molecule has 1 N–H and O–H groups in total. The highest BCUT2D eigenvalue weighted by molar-refractivity contribution is 6.17. The van der Waals surface area contributed by atoms with Crippen molar-refractivity contribution in [1.29, 1.82) is 0 Å². The summed E-state index contributed by atoms with van der Waals surface area (Å²) in [5, 5.41) is 13.8. The van der Waals surface area contributed by atoms with Crippen molar-refractivity contribution in [2.45, 2.75) is 11.8 Å². The topological polar surface area (TPSA) is 72.7 Å². The van der Waals surface area contributed by atoms with E-state index in [0.717, 1.165) is 22.5 Å². The van der Waals surface area contributed by atoms with Crippen LogP contribution in [0.5, 0.6) is 0 Å². The minimum atomic E-state index is -0.0730. The second-order valence-corrected chi connectivity index (χ2v) is 5.90. The molecule has 0 aliphatic carbocycles. The average Bonchev–Trinajstić information content (AvgIpc) is 3.14. The van der Waals surface area contributed by atoms with E-state index >= 15 is 0 Å². The van der Waals surface area contributed by atoms with Crippen LogP contribution >= 0.6 is 23.2 Å². The molecule has 0 aliphatic rings. The van der Waals surface area contributed by atoms with Gasteiger partial charge in [-0.25, -0.2) is 4.68 Å². The highest BCUT2D eigenvalue weighted by Gasteiger charge is 2.04. The van der Waals surface area contributed by atoms with Crippen LogP contribution in [0.2, 0.25) is 0 Å². The predicted molar refractivity (Wildman–Crippen MR) is 103 cm³/mol. The molecule has 0 radical (unpaired) electrons. The molecular weight excluding hydrogens is 373 g/mol. The number of alkyl halides is 2. The number of tetrazole rings is 1. The van der Waals surface area contributed by atoms with Crippen LogP contribution in [0.15, 0.2) is 48.5 Å². The van der Waals surface area contributed by atoms with Crippen molar-refractivity contribution in [3.63, 3.8) is 0 Å². The molecule has 0 unspecified atom stereocenters. The number of aromatic nitrogens is 4. The van der Waals surface area contributed by atoms with Crippen molar-refractivity contribution in [2.24, 2.45) is 7.05 Å². The number of carbonyl (C=O) groups is 1. The van der Waals surface area contributed by atoms with Gasteiger partial charge in [0, 0.05) is 37.0 Å². The second-order valence-electron chi connectivity index (χ2n) is 5.37. The number of aryl methyl sites for hydroxylation is 1. The first-order valence-corrected chi connectivity index (χ1v) is 8.90. The quantitative estimate of drug-likeness (QED) is 0.691. The van der Waals surface area contributed by atoms with Crippen molar-refractivity contribution in [3.05, 3.63) is 65.2 Å². The van der Waals surface area contributed by atoms with Crippen molar-refractivity contribution in [2.75, 3.05) is 7.05 Å². The number of nitrogens with one attached hydrogen (secondary N) is 1. The number of rotatable bonds is 4. The Labute approximate surface area is 162 Å². The Hall–Kier alpha value is -2.44. The van der Waals surface area contributed by atoms with Crippen LogP contribution in [-0.2, 0) is 18.8 Å². The van der Waals surface area contributed by atoms with Gasteiger partial charge in [-0.2, -0.15) is 0 Å². The number of benzene rings is 2. The summed E-state index contributed by atoms with van der Waals surface area (Å²) in [5.41, 5.74) is 3.76. The Morgan fingerprint density at radius 3 is 1.96 bits per heavy atom. The molecule has 1 amide bonds. The van der Waals surface area contributed by atoms with Crippen molar-refractivity contribution in [3.8, 4) is 11.4 Å². The lowest BCUT2D eigenvalue weighted by Gasteiger charge is -1.99. The third kappa shape index (κ3) is 5.28. The van der Waals surface area contributed by atoms with Gasteiger partial charge >= 0.3 is 0 Å². The van der Waals surface area contributed by atoms with E-state index in [1.165, 1.54) is 0 Å². The molecule has 0 atom stereocenters. The van der Waals surface area contributed by atoms with Crippen molar-refractivity contribution >= 4 is 29.1 Å². The molecule has 2 aromatic carbocycles. The van der Waals surface area contributed by atoms with Gasteiger partial charge in [-0.05, 0) is 33.7 Å². The summed E-state index contributed by atoms with van der Waals surface area (Å²) >= 11 is 11.3. The maximum absolute atomic E-state index is 11.1. The van der Waals surface area contributed by atoms with Gasteiger partial charge in [0.15, 0.2) is 5.82 Å². The molecule has 0 fully saturated rings. The van der Waals surface area contributed by atoms with Crippen LogP contribution in [0.3, 0.4) is 0 Å². The fourth-order valence-corrected chi connectivity index (χ4v) is 2.46. The molecule has 1 aromatic heterocycles. The summed E-state index contributed by atoms with van der Waals surface area (Å²) in [6.07, 6.45) is 0. The molecular formula is C18H19Cl2N5O. The number of hydrogen-bond acceptors (Lipinski definition) is 4. The van der Waals surface area contributed by atoms with Crippen LogP contribution in [0.4, 0.5) is 0 Å². The minimum absolute atomic E-state index is 0.0730. The first kappa shape index (κ1) is 19.9. The third-order valence-corrected chi connectivity index (χ3v) is 4.20. The zero-order valence-corrected chi connectivity index (χ0v) is 16.0. The number of nitrogens with zero attached hydrogens (tertiary/aromatic N) is 4. The van der Waals surface area contributed by atoms with Crippen LogP contribution < -0.4 is 5.32 Å². The van der Waals surface area contributed by atoms with E-state index in [1.54, 1.807) is 23.9 Å². The Morgan fingerprint density at radius 2 is 1.54 bits per heavy atom. The number of carbonyl (C=O) groups excluding carboxylic acids is 1. The fraction of sp³-hybridized carbons (Fsp3) is 0.222. The monoisotopic (exact) mass is 391 g/mol. The maximum Gasteiger partial charge on any atom is 0.251 e. The normalized spacial score (nSPS) is 10.0. The molecule has 0 aliphatic heterocycles. The highest BCUT2D eigenvalue weighted by atomic mass is 35.5. The lowest BCUT2D eigenvalue weighted by atomic mass is 10.1. The van der Waals surface area contributed by atoms with Gasteiger partial charge in [-0.1, -0.05) is 36.4 Å². The van der Waals surface area contributed by atoms with Crippen LogP contribution in [0.1, 0.15) is 21.5 Å². The van der Waals surface area contributed by atoms with E-state index in [2.05, 4.69) is 20.8 Å². The standard InChI is InChI=1S/C9H9ClN4.C9H10ClNO/c1-14-9(11-12-13-14)8-4-2-7(6-10)3-5-8;1-11-9(12)8-4-2-7(6-10)3-5-8/h2-5H,6H2,1H3;2-5H,6H2,1H3,(H,11,12). The summed E-state index contributed by atoms with van der Waals surface area (Å²) < 4.78 is 1.63. The summed E-state index contributed by atoms with van der Waals surface area (Å²) in [6.45, 7) is 0. The lowest BCUT2D eigenvalue weighted by molar-refractivity contribution is 0.0963. The zero-order valence-electron chi connectivity index (χ0n) is 14.5. The number of halogens is 2. The smallest absolute Gasteiger partial charge is 0.251 e. The minimum Gasteiger partial charge on any atom is -0.355 e. The van der Waals surface area contributed by atoms with E-state index in [1.807, 2.05) is 43.4 Å². The molecule has 26 heavy (non-hydrogen) atoms. The summed E-state index contributed by atoms with van der Waals surface area (Å²) in [4.78, 5) is 11.1. The molecule has 0 saturated heterocycles. The highest BCUT2D eigenvalue weighted by Crippen LogP contribution is 2.16. The van der Waals surface area contributed by atoms with Gasteiger partial charge in [0.25, 0.3) is 5.91 Å². The van der Waals surface area contributed by atoms with Crippen molar-refractivity contribution < 1.29 is 4.79 Å². The molecule has 3 rings (SSSR count). The summed E-state index contributed by atoms with van der Waals surface area (Å²) in [6, 6.07) is 15.1. The van der Waals surface area contributed by atoms with Gasteiger partial charge in [0.2, 0.25) is 0 Å². The Balaban J connectivity index is 0.000000190. The van der Waals surface area contributed by atoms with E-state index < -0.39 is 0 Å². The summed E-state index contributed by atoms with van der Waals surface area (Å²) in [7, 11) is 3.42. The molecule has 0 bridgehead atoms. The third-order valence-electron chi connectivity index (χ3n) is 3.58. The Bertz CT molecular complexity index is 832. The van der Waals surface area contributed by atoms with Gasteiger partial charge in [-0.3, -0.25) is 4.79 Å². The predicted octanol–water partition coefficient (Wildman–Crippen LogP) is 3.40. The zero-order chi connectivity index (χ0) is 18.9. The lowest BCUT2D eigenvalue weighted by Crippen LogP contribution is -2.17. The fourth-order valence-electron chi connectivity index (χ4n) is 2.11. The van der Waals surface area contributed by atoms with Crippen LogP contribution in [-0.4, -0.2) is 33.2 Å². The van der Waals surface area contributed by atoms with Crippen molar-refractivity contribution in [1.82, 2.24) is 25.5 Å². The van der Waals surface area contributed by atoms with Gasteiger partial charge in [0.1, 0.15) is 0 Å². The SMILES string of the molecule is CNC(=O)c1ccc(CCl)cc1.Cn1nnnc1-c1ccc(CCl)cc1. The van der Waals surface area contributed by atoms with Gasteiger partial charge < -0.3 is 5.32 Å².